The molecule has 0 radical (unpaired) electrons. The largest absolute Gasteiger partial charge is 0.462 e. The summed E-state index contributed by atoms with van der Waals surface area (Å²) >= 11 is 0. The van der Waals surface area contributed by atoms with Gasteiger partial charge in [0.2, 0.25) is 5.43 Å². The number of carbonyl (C=O) groups is 1. The first-order valence-corrected chi connectivity index (χ1v) is 6.66. The van der Waals surface area contributed by atoms with E-state index in [1.807, 2.05) is 19.1 Å². The van der Waals surface area contributed by atoms with Crippen LogP contribution in [0.25, 0.3) is 10.9 Å². The van der Waals surface area contributed by atoms with Crippen LogP contribution < -0.4 is 5.43 Å². The average molecular weight is 284 g/mol. The predicted molar refractivity (Wildman–Crippen MR) is 78.9 cm³/mol. The van der Waals surface area contributed by atoms with Gasteiger partial charge in [-0.25, -0.2) is 0 Å². The molecular weight excluding hydrogens is 268 g/mol. The van der Waals surface area contributed by atoms with Crippen LogP contribution in [0.2, 0.25) is 0 Å². The van der Waals surface area contributed by atoms with E-state index < -0.39 is 5.97 Å². The lowest BCUT2D eigenvalue weighted by Gasteiger charge is -2.14. The Morgan fingerprint density at radius 1 is 1.43 bits per heavy atom. The highest BCUT2D eigenvalue weighted by Gasteiger charge is 2.14. The second kappa shape index (κ2) is 5.80. The molecule has 5 heteroatoms. The Labute approximate surface area is 122 Å². The van der Waals surface area contributed by atoms with Gasteiger partial charge < -0.3 is 9.30 Å². The van der Waals surface area contributed by atoms with Gasteiger partial charge in [-0.2, -0.15) is 5.26 Å². The van der Waals surface area contributed by atoms with E-state index in [1.165, 1.54) is 6.20 Å². The standard InChI is InChI=1S/C16H16N2O3/c1-10(2)21-14(19)9-18-8-12(7-17)16(20)13-6-4-5-11(3)15(13)18/h4-6,8,10H,9H2,1-3H3. The third-order valence-electron chi connectivity index (χ3n) is 3.09. The molecule has 2 rings (SSSR count). The fourth-order valence-electron chi connectivity index (χ4n) is 2.29. The van der Waals surface area contributed by atoms with Crippen molar-refractivity contribution in [2.75, 3.05) is 0 Å². The first kappa shape index (κ1) is 14.8. The second-order valence-corrected chi connectivity index (χ2v) is 5.12. The number of hydrogen-bond donors (Lipinski definition) is 0. The first-order valence-electron chi connectivity index (χ1n) is 6.66. The van der Waals surface area contributed by atoms with Gasteiger partial charge in [-0.1, -0.05) is 12.1 Å². The summed E-state index contributed by atoms with van der Waals surface area (Å²) in [6.07, 6.45) is 1.21. The summed E-state index contributed by atoms with van der Waals surface area (Å²) in [6, 6.07) is 7.16. The number of pyridine rings is 1. The molecule has 0 amide bonds. The van der Waals surface area contributed by atoms with Crippen molar-refractivity contribution in [3.63, 3.8) is 0 Å². The monoisotopic (exact) mass is 284 g/mol. The summed E-state index contributed by atoms with van der Waals surface area (Å²) in [7, 11) is 0. The molecule has 0 aliphatic heterocycles. The summed E-state index contributed by atoms with van der Waals surface area (Å²) in [4.78, 5) is 24.0. The molecular formula is C16H16N2O3. The Balaban J connectivity index is 2.63. The van der Waals surface area contributed by atoms with Gasteiger partial charge in [-0.3, -0.25) is 9.59 Å². The number of nitriles is 1. The van der Waals surface area contributed by atoms with E-state index >= 15 is 0 Å². The Morgan fingerprint density at radius 2 is 2.14 bits per heavy atom. The van der Waals surface area contributed by atoms with Crippen molar-refractivity contribution in [1.82, 2.24) is 4.57 Å². The van der Waals surface area contributed by atoms with Gasteiger partial charge in [0, 0.05) is 11.6 Å². The van der Waals surface area contributed by atoms with E-state index in [0.29, 0.717) is 10.9 Å². The van der Waals surface area contributed by atoms with Crippen molar-refractivity contribution in [2.45, 2.75) is 33.4 Å². The molecule has 0 saturated heterocycles. The van der Waals surface area contributed by atoms with Gasteiger partial charge >= 0.3 is 5.97 Å². The van der Waals surface area contributed by atoms with Crippen LogP contribution in [0.1, 0.15) is 25.0 Å². The number of rotatable bonds is 3. The number of para-hydroxylation sites is 1. The molecule has 21 heavy (non-hydrogen) atoms. The molecule has 0 aliphatic carbocycles. The van der Waals surface area contributed by atoms with Crippen molar-refractivity contribution in [3.05, 3.63) is 45.7 Å². The van der Waals surface area contributed by atoms with Gasteiger partial charge in [0.1, 0.15) is 18.2 Å². The quantitative estimate of drug-likeness (QED) is 0.809. The van der Waals surface area contributed by atoms with Crippen LogP contribution in [-0.2, 0) is 16.1 Å². The molecule has 0 atom stereocenters. The smallest absolute Gasteiger partial charge is 0.326 e. The van der Waals surface area contributed by atoms with Crippen LogP contribution in [-0.4, -0.2) is 16.6 Å². The highest BCUT2D eigenvalue weighted by Crippen LogP contribution is 2.16. The molecule has 0 spiro atoms. The lowest BCUT2D eigenvalue weighted by Crippen LogP contribution is -2.21. The maximum Gasteiger partial charge on any atom is 0.326 e. The zero-order valence-electron chi connectivity index (χ0n) is 12.2. The Hall–Kier alpha value is -2.61. The van der Waals surface area contributed by atoms with E-state index in [9.17, 15) is 9.59 Å². The summed E-state index contributed by atoms with van der Waals surface area (Å²) < 4.78 is 6.73. The molecule has 5 nitrogen and oxygen atoms in total. The molecule has 0 bridgehead atoms. The lowest BCUT2D eigenvalue weighted by atomic mass is 10.1. The van der Waals surface area contributed by atoms with Crippen molar-refractivity contribution in [2.24, 2.45) is 0 Å². The van der Waals surface area contributed by atoms with Crippen molar-refractivity contribution in [3.8, 4) is 6.07 Å². The molecule has 108 valence electrons. The summed E-state index contributed by atoms with van der Waals surface area (Å²) in [5, 5.41) is 9.51. The van der Waals surface area contributed by atoms with Crippen LogP contribution in [0.5, 0.6) is 0 Å². The number of carbonyl (C=O) groups excluding carboxylic acids is 1. The molecule has 0 fully saturated rings. The Bertz CT molecular complexity index is 797. The number of fused-ring (bicyclic) bond motifs is 1. The normalized spacial score (nSPS) is 10.6. The SMILES string of the molecule is Cc1cccc2c(=O)c(C#N)cn(CC(=O)OC(C)C)c12. The highest BCUT2D eigenvalue weighted by atomic mass is 16.5. The van der Waals surface area contributed by atoms with Gasteiger partial charge in [0.05, 0.1) is 11.6 Å². The van der Waals surface area contributed by atoms with Gasteiger partial charge in [0.25, 0.3) is 0 Å². The number of hydrogen-bond acceptors (Lipinski definition) is 4. The second-order valence-electron chi connectivity index (χ2n) is 5.12. The van der Waals surface area contributed by atoms with Crippen molar-refractivity contribution >= 4 is 16.9 Å². The van der Waals surface area contributed by atoms with Crippen molar-refractivity contribution in [1.29, 1.82) is 5.26 Å². The third kappa shape index (κ3) is 2.95. The van der Waals surface area contributed by atoms with Crippen LogP contribution in [0.4, 0.5) is 0 Å². The minimum absolute atomic E-state index is 0.0189. The molecule has 0 saturated carbocycles. The fraction of sp³-hybridized carbons (Fsp3) is 0.312. The maximum atomic E-state index is 12.2. The van der Waals surface area contributed by atoms with Crippen LogP contribution in [0, 0.1) is 18.3 Å². The number of nitrogens with zero attached hydrogens (tertiary/aromatic N) is 2. The van der Waals surface area contributed by atoms with Crippen LogP contribution in [0.15, 0.2) is 29.2 Å². The van der Waals surface area contributed by atoms with E-state index in [2.05, 4.69) is 0 Å². The van der Waals surface area contributed by atoms with Crippen LogP contribution in [0.3, 0.4) is 0 Å². The first-order chi connectivity index (χ1) is 9.93. The maximum absolute atomic E-state index is 12.2. The molecule has 1 aromatic carbocycles. The van der Waals surface area contributed by atoms with Crippen LogP contribution >= 0.6 is 0 Å². The third-order valence-corrected chi connectivity index (χ3v) is 3.09. The minimum Gasteiger partial charge on any atom is -0.462 e. The van der Waals surface area contributed by atoms with Gasteiger partial charge in [0.15, 0.2) is 0 Å². The molecule has 1 heterocycles. The Morgan fingerprint density at radius 3 is 2.76 bits per heavy atom. The molecule has 0 unspecified atom stereocenters. The zero-order chi connectivity index (χ0) is 15.6. The average Bonchev–Trinajstić information content (AvgIpc) is 2.41. The van der Waals surface area contributed by atoms with E-state index in [4.69, 9.17) is 10.00 Å². The van der Waals surface area contributed by atoms with E-state index in [0.717, 1.165) is 5.56 Å². The lowest BCUT2D eigenvalue weighted by molar-refractivity contribution is -0.148. The molecule has 0 N–H and O–H groups in total. The minimum atomic E-state index is -0.401. The number of aryl methyl sites for hydroxylation is 1. The number of aromatic nitrogens is 1. The number of esters is 1. The Kier molecular flexibility index (Phi) is 4.08. The van der Waals surface area contributed by atoms with Gasteiger partial charge in [-0.15, -0.1) is 0 Å². The topological polar surface area (TPSA) is 72.1 Å². The van der Waals surface area contributed by atoms with E-state index in [1.54, 1.807) is 30.5 Å². The number of ether oxygens (including phenoxy) is 1. The van der Waals surface area contributed by atoms with Gasteiger partial charge in [-0.05, 0) is 32.4 Å². The zero-order valence-corrected chi connectivity index (χ0v) is 12.2. The van der Waals surface area contributed by atoms with E-state index in [-0.39, 0.29) is 23.6 Å². The predicted octanol–water partition coefficient (Wildman–Crippen LogP) is 2.13. The molecule has 0 aliphatic rings. The fourth-order valence-corrected chi connectivity index (χ4v) is 2.29. The number of benzene rings is 1. The summed E-state index contributed by atoms with van der Waals surface area (Å²) in [5.41, 5.74) is 1.23. The molecule has 1 aromatic heterocycles. The summed E-state index contributed by atoms with van der Waals surface area (Å²) in [6.45, 7) is 5.37. The molecule has 2 aromatic rings. The van der Waals surface area contributed by atoms with Crippen molar-refractivity contribution < 1.29 is 9.53 Å². The summed E-state index contributed by atoms with van der Waals surface area (Å²) in [5.74, 6) is -0.401. The highest BCUT2D eigenvalue weighted by molar-refractivity contribution is 5.84.